The van der Waals surface area contributed by atoms with Crippen molar-refractivity contribution in [1.82, 2.24) is 0 Å². The summed E-state index contributed by atoms with van der Waals surface area (Å²) >= 11 is 0. The summed E-state index contributed by atoms with van der Waals surface area (Å²) in [4.78, 5) is 22.4. The molecule has 0 radical (unpaired) electrons. The van der Waals surface area contributed by atoms with Crippen LogP contribution in [-0.2, 0) is 30.8 Å². The van der Waals surface area contributed by atoms with Crippen molar-refractivity contribution in [3.05, 3.63) is 35.4 Å². The summed E-state index contributed by atoms with van der Waals surface area (Å²) < 4.78 is 21.7. The molecule has 1 N–H and O–H groups in total. The number of carboxylic acid groups (broad SMARTS) is 1. The molecule has 0 aliphatic heterocycles. The average molecular weight is 314 g/mol. The molecule has 0 spiro atoms. The zero-order valence-corrected chi connectivity index (χ0v) is 12.7. The molecule has 0 bridgehead atoms. The normalized spacial score (nSPS) is 13.4. The van der Waals surface area contributed by atoms with Crippen molar-refractivity contribution in [3.63, 3.8) is 0 Å². The number of hydrogen-bond donors (Lipinski definition) is 1. The number of carbonyl (C=O) groups excluding carboxylic acids is 1. The van der Waals surface area contributed by atoms with E-state index in [4.69, 9.17) is 14.6 Å². The summed E-state index contributed by atoms with van der Waals surface area (Å²) in [6, 6.07) is 6.06. The maximum absolute atomic E-state index is 12.1. The van der Waals surface area contributed by atoms with Crippen molar-refractivity contribution in [2.24, 2.45) is 0 Å². The molecular formula is C14H18O6S. The van der Waals surface area contributed by atoms with Crippen LogP contribution in [-0.4, -0.2) is 46.8 Å². The highest BCUT2D eigenvalue weighted by molar-refractivity contribution is 7.85. The predicted molar refractivity (Wildman–Crippen MR) is 77.5 cm³/mol. The molecule has 0 amide bonds. The van der Waals surface area contributed by atoms with Crippen LogP contribution in [0.15, 0.2) is 24.3 Å². The fourth-order valence-electron chi connectivity index (χ4n) is 1.48. The fraction of sp³-hybridized carbons (Fsp3) is 0.429. The third-order valence-electron chi connectivity index (χ3n) is 2.77. The third kappa shape index (κ3) is 5.65. The molecule has 0 heterocycles. The lowest BCUT2D eigenvalue weighted by atomic mass is 10.1. The van der Waals surface area contributed by atoms with Gasteiger partial charge in [0.2, 0.25) is 0 Å². The van der Waals surface area contributed by atoms with E-state index >= 15 is 0 Å². The minimum Gasteiger partial charge on any atom is -0.478 e. The molecule has 116 valence electrons. The number of hydrogen-bond acceptors (Lipinski definition) is 5. The lowest BCUT2D eigenvalue weighted by molar-refractivity contribution is -0.143. The third-order valence-corrected chi connectivity index (χ3v) is 4.37. The molecule has 0 aromatic heterocycles. The largest absolute Gasteiger partial charge is 0.478 e. The van der Waals surface area contributed by atoms with Gasteiger partial charge in [0.05, 0.1) is 12.2 Å². The number of aromatic carboxylic acids is 1. The van der Waals surface area contributed by atoms with Crippen molar-refractivity contribution >= 4 is 22.7 Å². The van der Waals surface area contributed by atoms with Crippen LogP contribution in [0.5, 0.6) is 0 Å². The number of rotatable bonds is 8. The molecule has 21 heavy (non-hydrogen) atoms. The Morgan fingerprint density at radius 2 is 1.86 bits per heavy atom. The Hall–Kier alpha value is -1.73. The first kappa shape index (κ1) is 17.3. The number of ether oxygens (including phenoxy) is 2. The minimum absolute atomic E-state index is 0.129. The average Bonchev–Trinajstić information content (AvgIpc) is 2.47. The highest BCUT2D eigenvalue weighted by atomic mass is 32.2. The zero-order valence-electron chi connectivity index (χ0n) is 11.9. The van der Waals surface area contributed by atoms with E-state index in [0.717, 1.165) is 0 Å². The van der Waals surface area contributed by atoms with Gasteiger partial charge in [0.1, 0.15) is 11.9 Å². The van der Waals surface area contributed by atoms with Crippen molar-refractivity contribution in [2.45, 2.75) is 17.9 Å². The summed E-state index contributed by atoms with van der Waals surface area (Å²) in [5, 5.41) is 8.04. The van der Waals surface area contributed by atoms with Crippen LogP contribution in [0, 0.1) is 0 Å². The quantitative estimate of drug-likeness (QED) is 0.573. The van der Waals surface area contributed by atoms with Gasteiger partial charge in [0.25, 0.3) is 0 Å². The monoisotopic (exact) mass is 314 g/mol. The van der Waals surface area contributed by atoms with Crippen LogP contribution in [0.25, 0.3) is 0 Å². The van der Waals surface area contributed by atoms with Crippen molar-refractivity contribution < 1.29 is 28.4 Å². The molecule has 7 heteroatoms. The Kier molecular flexibility index (Phi) is 7.04. The topological polar surface area (TPSA) is 89.9 Å². The summed E-state index contributed by atoms with van der Waals surface area (Å²) in [5.74, 6) is -1.38. The van der Waals surface area contributed by atoms with Gasteiger partial charge in [-0.05, 0) is 24.6 Å². The Balaban J connectivity index is 2.55. The highest BCUT2D eigenvalue weighted by Crippen LogP contribution is 2.10. The summed E-state index contributed by atoms with van der Waals surface area (Å²) in [7, 11) is 0.0649. The van der Waals surface area contributed by atoms with E-state index in [1.54, 1.807) is 12.1 Å². The second-order valence-corrected chi connectivity index (χ2v) is 6.09. The van der Waals surface area contributed by atoms with Crippen molar-refractivity contribution in [2.75, 3.05) is 20.3 Å². The van der Waals surface area contributed by atoms with Gasteiger partial charge >= 0.3 is 11.9 Å². The van der Waals surface area contributed by atoms with Gasteiger partial charge in [-0.15, -0.1) is 0 Å². The summed E-state index contributed by atoms with van der Waals surface area (Å²) in [6.07, 6.45) is 0. The molecular weight excluding hydrogens is 296 g/mol. The van der Waals surface area contributed by atoms with Gasteiger partial charge < -0.3 is 14.6 Å². The van der Waals surface area contributed by atoms with E-state index in [1.807, 2.05) is 0 Å². The highest BCUT2D eigenvalue weighted by Gasteiger charge is 2.21. The van der Waals surface area contributed by atoms with Crippen molar-refractivity contribution in [3.8, 4) is 0 Å². The SMILES string of the molecule is COCCOC(=O)C(C)S(=O)Cc1ccc(C(=O)O)cc1. The lowest BCUT2D eigenvalue weighted by Gasteiger charge is -2.11. The second-order valence-electron chi connectivity index (χ2n) is 4.33. The van der Waals surface area contributed by atoms with E-state index < -0.39 is 28.0 Å². The fourth-order valence-corrected chi connectivity index (χ4v) is 2.54. The van der Waals surface area contributed by atoms with Gasteiger partial charge in [-0.1, -0.05) is 12.1 Å². The van der Waals surface area contributed by atoms with Crippen LogP contribution in [0.1, 0.15) is 22.8 Å². The van der Waals surface area contributed by atoms with E-state index in [-0.39, 0.29) is 17.9 Å². The van der Waals surface area contributed by atoms with Gasteiger partial charge in [0.15, 0.2) is 0 Å². The Morgan fingerprint density at radius 1 is 1.24 bits per heavy atom. The molecule has 2 atom stereocenters. The van der Waals surface area contributed by atoms with Crippen LogP contribution < -0.4 is 0 Å². The Bertz CT molecular complexity index is 511. The smallest absolute Gasteiger partial charge is 0.335 e. The van der Waals surface area contributed by atoms with Gasteiger partial charge in [-0.25, -0.2) is 4.79 Å². The Morgan fingerprint density at radius 3 is 2.38 bits per heavy atom. The summed E-state index contributed by atoms with van der Waals surface area (Å²) in [5.41, 5.74) is 0.867. The van der Waals surface area contributed by atoms with Crippen LogP contribution in [0.4, 0.5) is 0 Å². The zero-order chi connectivity index (χ0) is 15.8. The molecule has 1 rings (SSSR count). The van der Waals surface area contributed by atoms with Crippen LogP contribution in [0.3, 0.4) is 0 Å². The minimum atomic E-state index is -1.43. The standard InChI is InChI=1S/C14H18O6S/c1-10(14(17)20-8-7-19-2)21(18)9-11-3-5-12(6-4-11)13(15)16/h3-6,10H,7-9H2,1-2H3,(H,15,16). The number of carbonyl (C=O) groups is 2. The van der Waals surface area contributed by atoms with Gasteiger partial charge in [0, 0.05) is 23.7 Å². The first-order chi connectivity index (χ1) is 9.95. The Labute approximate surface area is 125 Å². The molecule has 0 aliphatic rings. The number of benzene rings is 1. The molecule has 0 fully saturated rings. The lowest BCUT2D eigenvalue weighted by Crippen LogP contribution is -2.27. The molecule has 1 aromatic rings. The van der Waals surface area contributed by atoms with Gasteiger partial charge in [-0.2, -0.15) is 0 Å². The van der Waals surface area contributed by atoms with E-state index in [9.17, 15) is 13.8 Å². The van der Waals surface area contributed by atoms with E-state index in [2.05, 4.69) is 0 Å². The number of esters is 1. The maximum Gasteiger partial charge on any atom is 0.335 e. The molecule has 0 saturated carbocycles. The van der Waals surface area contributed by atoms with Crippen LogP contribution >= 0.6 is 0 Å². The molecule has 6 nitrogen and oxygen atoms in total. The van der Waals surface area contributed by atoms with E-state index in [0.29, 0.717) is 12.2 Å². The second kappa shape index (κ2) is 8.53. The number of methoxy groups -OCH3 is 1. The van der Waals surface area contributed by atoms with Crippen LogP contribution in [0.2, 0.25) is 0 Å². The predicted octanol–water partition coefficient (Wildman–Crippen LogP) is 1.21. The molecule has 0 aliphatic carbocycles. The van der Waals surface area contributed by atoms with Crippen molar-refractivity contribution in [1.29, 1.82) is 0 Å². The molecule has 2 unspecified atom stereocenters. The first-order valence-electron chi connectivity index (χ1n) is 6.30. The molecule has 1 aromatic carbocycles. The summed E-state index contributed by atoms with van der Waals surface area (Å²) in [6.45, 7) is 1.96. The maximum atomic E-state index is 12.1. The van der Waals surface area contributed by atoms with Gasteiger partial charge in [-0.3, -0.25) is 9.00 Å². The number of carboxylic acids is 1. The molecule has 0 saturated heterocycles. The van der Waals surface area contributed by atoms with E-state index in [1.165, 1.54) is 26.2 Å². The first-order valence-corrected chi connectivity index (χ1v) is 7.69.